The molecule has 0 saturated carbocycles. The molecule has 242 valence electrons. The monoisotopic (exact) mass is 650 g/mol. The number of hydrogen-bond acceptors (Lipinski definition) is 13. The SMILES string of the molecule is COc1c(C)cc2c(c1O)[C@@H]1C3[C@@H]4SC[C@H](NC(C)=O)C(=O)OC[C@H](c5c6c(c(C)c(OC(C)=O)c54)OCO6)N3[C@@H](C#N)[C@H]2N1C. The average molecular weight is 651 g/mol. The fourth-order valence-corrected chi connectivity index (χ4v) is 9.66. The van der Waals surface area contributed by atoms with Gasteiger partial charge in [0.05, 0.1) is 36.6 Å². The second-order valence-corrected chi connectivity index (χ2v) is 13.4. The van der Waals surface area contributed by atoms with Crippen molar-refractivity contribution in [1.29, 1.82) is 5.26 Å². The number of nitrogens with one attached hydrogen (secondary N) is 1. The van der Waals surface area contributed by atoms with Crippen LogP contribution in [0.25, 0.3) is 0 Å². The lowest BCUT2D eigenvalue weighted by Crippen LogP contribution is -2.62. The van der Waals surface area contributed by atoms with Gasteiger partial charge >= 0.3 is 11.9 Å². The maximum Gasteiger partial charge on any atom is 0.329 e. The van der Waals surface area contributed by atoms with E-state index in [1.165, 1.54) is 32.7 Å². The Morgan fingerprint density at radius 1 is 1.11 bits per heavy atom. The van der Waals surface area contributed by atoms with E-state index in [2.05, 4.69) is 21.2 Å². The summed E-state index contributed by atoms with van der Waals surface area (Å²) in [5.74, 6) is 0.185. The number of phenols is 1. The molecule has 5 heterocycles. The smallest absolute Gasteiger partial charge is 0.329 e. The van der Waals surface area contributed by atoms with Gasteiger partial charge in [-0.1, -0.05) is 6.07 Å². The van der Waals surface area contributed by atoms with Crippen LogP contribution in [0.1, 0.15) is 70.6 Å². The number of esters is 2. The van der Waals surface area contributed by atoms with Crippen LogP contribution >= 0.6 is 11.8 Å². The first-order valence-corrected chi connectivity index (χ1v) is 16.0. The lowest BCUT2D eigenvalue weighted by Gasteiger charge is -2.57. The number of benzene rings is 2. The van der Waals surface area contributed by atoms with Crippen LogP contribution in [0.2, 0.25) is 0 Å². The van der Waals surface area contributed by atoms with E-state index in [1.54, 1.807) is 6.92 Å². The molecule has 2 saturated heterocycles. The predicted molar refractivity (Wildman–Crippen MR) is 163 cm³/mol. The highest BCUT2D eigenvalue weighted by Crippen LogP contribution is 2.66. The van der Waals surface area contributed by atoms with Gasteiger partial charge in [0.25, 0.3) is 0 Å². The van der Waals surface area contributed by atoms with Crippen molar-refractivity contribution < 1.29 is 43.2 Å². The van der Waals surface area contributed by atoms with Gasteiger partial charge in [0.2, 0.25) is 12.7 Å². The van der Waals surface area contributed by atoms with Crippen LogP contribution in [0.5, 0.6) is 28.7 Å². The number of rotatable bonds is 3. The highest BCUT2D eigenvalue weighted by molar-refractivity contribution is 7.99. The Labute approximate surface area is 269 Å². The number of methoxy groups -OCH3 is 1. The van der Waals surface area contributed by atoms with Gasteiger partial charge in [-0.25, -0.2) is 4.79 Å². The fraction of sp³-hybridized carbons (Fsp3) is 0.500. The highest BCUT2D eigenvalue weighted by atomic mass is 32.2. The third-order valence-corrected chi connectivity index (χ3v) is 11.1. The number of nitriles is 1. The number of thioether (sulfide) groups is 1. The van der Waals surface area contributed by atoms with E-state index in [1.807, 2.05) is 20.0 Å². The van der Waals surface area contributed by atoms with Crippen molar-refractivity contribution in [3.63, 3.8) is 0 Å². The number of amides is 1. The van der Waals surface area contributed by atoms with Gasteiger partial charge < -0.3 is 34.1 Å². The molecule has 13 nitrogen and oxygen atoms in total. The van der Waals surface area contributed by atoms with Gasteiger partial charge in [-0.15, -0.1) is 11.8 Å². The zero-order valence-electron chi connectivity index (χ0n) is 26.2. The van der Waals surface area contributed by atoms with Crippen molar-refractivity contribution in [2.75, 3.05) is 33.3 Å². The van der Waals surface area contributed by atoms with Crippen LogP contribution in [-0.2, 0) is 19.1 Å². The summed E-state index contributed by atoms with van der Waals surface area (Å²) >= 11 is 1.39. The zero-order valence-corrected chi connectivity index (χ0v) is 27.0. The topological polar surface area (TPSA) is 160 Å². The minimum atomic E-state index is -0.945. The summed E-state index contributed by atoms with van der Waals surface area (Å²) in [6.07, 6.45) is 0. The highest BCUT2D eigenvalue weighted by Gasteiger charge is 2.62. The molecule has 2 fully saturated rings. The minimum Gasteiger partial charge on any atom is -0.504 e. The Balaban J connectivity index is 1.54. The summed E-state index contributed by atoms with van der Waals surface area (Å²) in [5.41, 5.74) is 4.09. The number of aromatic hydroxyl groups is 1. The summed E-state index contributed by atoms with van der Waals surface area (Å²) in [6.45, 7) is 6.08. The van der Waals surface area contributed by atoms with Crippen molar-refractivity contribution in [3.8, 4) is 34.8 Å². The number of carbonyl (C=O) groups excluding carboxylic acids is 3. The van der Waals surface area contributed by atoms with Crippen molar-refractivity contribution in [2.45, 2.75) is 69.2 Å². The van der Waals surface area contributed by atoms with E-state index in [4.69, 9.17) is 23.7 Å². The first-order valence-electron chi connectivity index (χ1n) is 15.0. The molecule has 1 unspecified atom stereocenters. The molecular formula is C32H34N4O9S. The molecule has 5 aliphatic heterocycles. The average Bonchev–Trinajstić information content (AvgIpc) is 3.56. The summed E-state index contributed by atoms with van der Waals surface area (Å²) in [7, 11) is 3.45. The molecule has 0 spiro atoms. The maximum atomic E-state index is 13.4. The number of phenolic OH excluding ortho intramolecular Hbond substituents is 1. The maximum absolute atomic E-state index is 13.4. The number of ether oxygens (including phenoxy) is 5. The van der Waals surface area contributed by atoms with Crippen molar-refractivity contribution in [2.24, 2.45) is 0 Å². The Bertz CT molecular complexity index is 1740. The number of likely N-dealkylation sites (N-methyl/N-ethyl adjacent to an activating group) is 1. The third-order valence-electron chi connectivity index (χ3n) is 9.72. The van der Waals surface area contributed by atoms with Crippen LogP contribution in [-0.4, -0.2) is 84.2 Å². The molecule has 0 aromatic heterocycles. The third kappa shape index (κ3) is 4.18. The van der Waals surface area contributed by atoms with E-state index < -0.39 is 53.4 Å². The number of carbonyl (C=O) groups is 3. The molecule has 7 rings (SSSR count). The molecule has 1 amide bonds. The first-order chi connectivity index (χ1) is 22.0. The Hall–Kier alpha value is -4.19. The largest absolute Gasteiger partial charge is 0.504 e. The second kappa shape index (κ2) is 11.0. The zero-order chi connectivity index (χ0) is 32.8. The Morgan fingerprint density at radius 3 is 2.52 bits per heavy atom. The number of hydrogen-bond donors (Lipinski definition) is 2. The van der Waals surface area contributed by atoms with E-state index >= 15 is 0 Å². The van der Waals surface area contributed by atoms with Gasteiger partial charge in [0.15, 0.2) is 23.0 Å². The van der Waals surface area contributed by atoms with Gasteiger partial charge in [-0.2, -0.15) is 5.26 Å². The number of nitrogens with zero attached hydrogens (tertiary/aromatic N) is 3. The molecule has 7 atom stereocenters. The first kappa shape index (κ1) is 30.5. The molecule has 2 N–H and O–H groups in total. The molecule has 46 heavy (non-hydrogen) atoms. The van der Waals surface area contributed by atoms with Gasteiger partial charge in [0.1, 0.15) is 24.4 Å². The van der Waals surface area contributed by atoms with E-state index in [0.29, 0.717) is 45.3 Å². The summed E-state index contributed by atoms with van der Waals surface area (Å²) in [4.78, 5) is 42.3. The number of aryl methyl sites for hydroxylation is 1. The molecule has 14 heteroatoms. The van der Waals surface area contributed by atoms with Gasteiger partial charge in [0, 0.05) is 47.9 Å². The molecule has 4 bridgehead atoms. The van der Waals surface area contributed by atoms with E-state index in [-0.39, 0.29) is 30.8 Å². The predicted octanol–water partition coefficient (Wildman–Crippen LogP) is 2.87. The number of fused-ring (bicyclic) bond motifs is 10. The Kier molecular flexibility index (Phi) is 7.26. The van der Waals surface area contributed by atoms with Crippen molar-refractivity contribution >= 4 is 29.6 Å². The number of cyclic esters (lactones) is 1. The van der Waals surface area contributed by atoms with Crippen LogP contribution < -0.4 is 24.3 Å². The van der Waals surface area contributed by atoms with Crippen molar-refractivity contribution in [1.82, 2.24) is 15.1 Å². The molecule has 5 aliphatic rings. The summed E-state index contributed by atoms with van der Waals surface area (Å²) in [5, 5.41) is 24.8. The fourth-order valence-electron chi connectivity index (χ4n) is 8.15. The standard InChI is InChI=1S/C32H34N4O9S/c1-12-7-16-20(26(39)27(12)41-6)24-25-31-22-21(30-29(43-11-44-30)13(2)28(22)45-15(4)38)19(36(25)18(8-33)23(16)35(24)5)9-42-32(40)17(10-46-31)34-14(3)37/h7,17-19,23-25,31,39H,9-11H2,1-6H3,(H,34,37)/t17-,18-,19+,23-,24+,25?,31+/m0/s1. The van der Waals surface area contributed by atoms with E-state index in [0.717, 1.165) is 11.1 Å². The quantitative estimate of drug-likeness (QED) is 0.369. The van der Waals surface area contributed by atoms with Crippen LogP contribution in [0, 0.1) is 25.2 Å². The molecule has 0 radical (unpaired) electrons. The summed E-state index contributed by atoms with van der Waals surface area (Å²) < 4.78 is 29.5. The molecule has 2 aromatic rings. The minimum absolute atomic E-state index is 0.0122. The van der Waals surface area contributed by atoms with Crippen molar-refractivity contribution in [3.05, 3.63) is 39.4 Å². The van der Waals surface area contributed by atoms with E-state index in [9.17, 15) is 24.8 Å². The lowest BCUT2D eigenvalue weighted by molar-refractivity contribution is -0.151. The second-order valence-electron chi connectivity index (χ2n) is 12.2. The lowest BCUT2D eigenvalue weighted by atomic mass is 9.79. The molecular weight excluding hydrogens is 616 g/mol. The molecule has 0 aliphatic carbocycles. The van der Waals surface area contributed by atoms with Gasteiger partial charge in [-0.05, 0) is 32.0 Å². The van der Waals surface area contributed by atoms with Crippen LogP contribution in [0.4, 0.5) is 0 Å². The van der Waals surface area contributed by atoms with Crippen LogP contribution in [0.3, 0.4) is 0 Å². The normalized spacial score (nSPS) is 29.2. The number of piperazine rings is 1. The van der Waals surface area contributed by atoms with Crippen LogP contribution in [0.15, 0.2) is 6.07 Å². The molecule has 2 aromatic carbocycles. The Morgan fingerprint density at radius 2 is 1.85 bits per heavy atom. The summed E-state index contributed by atoms with van der Waals surface area (Å²) in [6, 6.07) is 0.712. The van der Waals surface area contributed by atoms with Gasteiger partial charge in [-0.3, -0.25) is 19.4 Å².